The first-order valence-electron chi connectivity index (χ1n) is 6.50. The fraction of sp³-hybridized carbons (Fsp3) is 0.333. The maximum absolute atomic E-state index is 13.3. The second-order valence-electron chi connectivity index (χ2n) is 4.87. The number of aryl methyl sites for hydroxylation is 1. The monoisotopic (exact) mass is 315 g/mol. The van der Waals surface area contributed by atoms with Crippen LogP contribution in [-0.2, 0) is 0 Å². The van der Waals surface area contributed by atoms with Gasteiger partial charge in [0.25, 0.3) is 0 Å². The van der Waals surface area contributed by atoms with Crippen LogP contribution >= 0.6 is 11.3 Å². The van der Waals surface area contributed by atoms with Gasteiger partial charge in [0.1, 0.15) is 0 Å². The number of hydrogen-bond acceptors (Lipinski definition) is 3. The first-order chi connectivity index (χ1) is 9.92. The second kappa shape index (κ2) is 6.60. The van der Waals surface area contributed by atoms with Gasteiger partial charge in [-0.05, 0) is 43.7 Å². The predicted octanol–water partition coefficient (Wildman–Crippen LogP) is 3.86. The molecule has 6 heteroatoms. The van der Waals surface area contributed by atoms with Crippen molar-refractivity contribution >= 4 is 11.3 Å². The van der Waals surface area contributed by atoms with E-state index >= 15 is 0 Å². The summed E-state index contributed by atoms with van der Waals surface area (Å²) < 4.78 is 39.5. The smallest absolute Gasteiger partial charge is 0.194 e. The molecule has 2 unspecified atom stereocenters. The minimum Gasteiger partial charge on any atom is -0.394 e. The molecule has 0 aliphatic carbocycles. The van der Waals surface area contributed by atoms with Gasteiger partial charge < -0.3 is 10.4 Å². The second-order valence-corrected chi connectivity index (χ2v) is 6.19. The van der Waals surface area contributed by atoms with E-state index in [0.717, 1.165) is 21.9 Å². The lowest BCUT2D eigenvalue weighted by atomic mass is 10.1. The van der Waals surface area contributed by atoms with Gasteiger partial charge in [0, 0.05) is 15.8 Å². The highest BCUT2D eigenvalue weighted by Crippen LogP contribution is 2.26. The summed E-state index contributed by atoms with van der Waals surface area (Å²) in [5.74, 6) is -4.02. The van der Waals surface area contributed by atoms with Crippen LogP contribution in [0.3, 0.4) is 0 Å². The van der Waals surface area contributed by atoms with Gasteiger partial charge in [-0.1, -0.05) is 0 Å². The molecule has 114 valence electrons. The molecule has 0 amide bonds. The maximum atomic E-state index is 13.3. The lowest BCUT2D eigenvalue weighted by molar-refractivity contribution is 0.235. The van der Waals surface area contributed by atoms with Crippen LogP contribution in [0.1, 0.15) is 34.3 Å². The molecule has 2 nitrogen and oxygen atoms in total. The van der Waals surface area contributed by atoms with Crippen LogP contribution in [0.5, 0.6) is 0 Å². The molecule has 2 aromatic rings. The van der Waals surface area contributed by atoms with Crippen LogP contribution in [0.2, 0.25) is 0 Å². The Morgan fingerprint density at radius 3 is 2.29 bits per heavy atom. The Morgan fingerprint density at radius 2 is 1.81 bits per heavy atom. The Labute approximate surface area is 125 Å². The minimum absolute atomic E-state index is 0.1000. The van der Waals surface area contributed by atoms with E-state index in [2.05, 4.69) is 5.32 Å². The number of aliphatic hydroxyl groups is 1. The van der Waals surface area contributed by atoms with Crippen molar-refractivity contribution in [1.82, 2.24) is 5.32 Å². The number of thiophene rings is 1. The molecule has 0 aliphatic heterocycles. The minimum atomic E-state index is -1.50. The summed E-state index contributed by atoms with van der Waals surface area (Å²) in [6.07, 6.45) is 0. The standard InChI is InChI=1S/C15H16F3NOS/c1-8-3-4-14(21-8)9(2)19-13(7-20)10-5-11(16)15(18)12(17)6-10/h3-6,9,13,19-20H,7H2,1-2H3. The molecule has 0 radical (unpaired) electrons. The van der Waals surface area contributed by atoms with Gasteiger partial charge >= 0.3 is 0 Å². The summed E-state index contributed by atoms with van der Waals surface area (Å²) in [6.45, 7) is 3.53. The van der Waals surface area contributed by atoms with Crippen molar-refractivity contribution in [3.63, 3.8) is 0 Å². The number of nitrogens with one attached hydrogen (secondary N) is 1. The molecule has 2 atom stereocenters. The van der Waals surface area contributed by atoms with Crippen molar-refractivity contribution in [2.24, 2.45) is 0 Å². The Morgan fingerprint density at radius 1 is 1.19 bits per heavy atom. The number of hydrogen-bond donors (Lipinski definition) is 2. The molecule has 0 fully saturated rings. The van der Waals surface area contributed by atoms with E-state index in [9.17, 15) is 18.3 Å². The fourth-order valence-corrected chi connectivity index (χ4v) is 2.99. The van der Waals surface area contributed by atoms with Gasteiger partial charge in [0.05, 0.1) is 12.6 Å². The SMILES string of the molecule is Cc1ccc(C(C)NC(CO)c2cc(F)c(F)c(F)c2)s1. The van der Waals surface area contributed by atoms with E-state index in [1.165, 1.54) is 0 Å². The topological polar surface area (TPSA) is 32.3 Å². The summed E-state index contributed by atoms with van der Waals surface area (Å²) in [7, 11) is 0. The molecule has 0 bridgehead atoms. The van der Waals surface area contributed by atoms with Crippen LogP contribution in [0.4, 0.5) is 13.2 Å². The van der Waals surface area contributed by atoms with Gasteiger partial charge in [0.15, 0.2) is 17.5 Å². The molecular weight excluding hydrogens is 299 g/mol. The van der Waals surface area contributed by atoms with Gasteiger partial charge in [0.2, 0.25) is 0 Å². The van der Waals surface area contributed by atoms with Crippen molar-refractivity contribution in [3.05, 3.63) is 57.0 Å². The fourth-order valence-electron chi connectivity index (χ4n) is 2.10. The Kier molecular flexibility index (Phi) is 5.03. The summed E-state index contributed by atoms with van der Waals surface area (Å²) in [5, 5.41) is 12.5. The van der Waals surface area contributed by atoms with Crippen LogP contribution in [-0.4, -0.2) is 11.7 Å². The zero-order valence-electron chi connectivity index (χ0n) is 11.7. The third-order valence-corrected chi connectivity index (χ3v) is 4.41. The zero-order chi connectivity index (χ0) is 15.6. The number of rotatable bonds is 5. The molecule has 1 aromatic heterocycles. The maximum Gasteiger partial charge on any atom is 0.194 e. The molecule has 0 spiro atoms. The average Bonchev–Trinajstić information content (AvgIpc) is 2.88. The van der Waals surface area contributed by atoms with Crippen LogP contribution in [0.15, 0.2) is 24.3 Å². The van der Waals surface area contributed by atoms with E-state index in [1.54, 1.807) is 11.3 Å². The van der Waals surface area contributed by atoms with Crippen LogP contribution in [0.25, 0.3) is 0 Å². The molecule has 0 saturated heterocycles. The Balaban J connectivity index is 2.20. The lowest BCUT2D eigenvalue weighted by Crippen LogP contribution is -2.27. The summed E-state index contributed by atoms with van der Waals surface area (Å²) >= 11 is 1.60. The number of benzene rings is 1. The van der Waals surface area contributed by atoms with Gasteiger partial charge in [-0.25, -0.2) is 13.2 Å². The molecule has 2 N–H and O–H groups in total. The highest BCUT2D eigenvalue weighted by Gasteiger charge is 2.19. The highest BCUT2D eigenvalue weighted by molar-refractivity contribution is 7.12. The van der Waals surface area contributed by atoms with E-state index in [1.807, 2.05) is 26.0 Å². The molecule has 0 aliphatic rings. The molecule has 2 rings (SSSR count). The molecular formula is C15H16F3NOS. The highest BCUT2D eigenvalue weighted by atomic mass is 32.1. The quantitative estimate of drug-likeness (QED) is 0.821. The van der Waals surface area contributed by atoms with Crippen LogP contribution < -0.4 is 5.32 Å². The van der Waals surface area contributed by atoms with Crippen molar-refractivity contribution in [3.8, 4) is 0 Å². The third kappa shape index (κ3) is 3.64. The van der Waals surface area contributed by atoms with Crippen LogP contribution in [0, 0.1) is 24.4 Å². The summed E-state index contributed by atoms with van der Waals surface area (Å²) in [6, 6.07) is 4.96. The van der Waals surface area contributed by atoms with Crippen molar-refractivity contribution in [2.75, 3.05) is 6.61 Å². The predicted molar refractivity (Wildman–Crippen MR) is 76.7 cm³/mol. The molecule has 0 saturated carbocycles. The molecule has 1 aromatic carbocycles. The largest absolute Gasteiger partial charge is 0.394 e. The van der Waals surface area contributed by atoms with Crippen molar-refractivity contribution in [2.45, 2.75) is 25.9 Å². The van der Waals surface area contributed by atoms with Gasteiger partial charge in [-0.3, -0.25) is 0 Å². The normalized spacial score (nSPS) is 14.2. The van der Waals surface area contributed by atoms with Crippen molar-refractivity contribution < 1.29 is 18.3 Å². The van der Waals surface area contributed by atoms with Gasteiger partial charge in [-0.15, -0.1) is 11.3 Å². The first kappa shape index (κ1) is 16.0. The molecule has 1 heterocycles. The van der Waals surface area contributed by atoms with E-state index in [-0.39, 0.29) is 18.2 Å². The Bertz CT molecular complexity index is 606. The average molecular weight is 315 g/mol. The summed E-state index contributed by atoms with van der Waals surface area (Å²) in [4.78, 5) is 2.20. The number of halogens is 3. The lowest BCUT2D eigenvalue weighted by Gasteiger charge is -2.21. The van der Waals surface area contributed by atoms with E-state index in [0.29, 0.717) is 0 Å². The molecule has 21 heavy (non-hydrogen) atoms. The third-order valence-electron chi connectivity index (χ3n) is 3.23. The summed E-state index contributed by atoms with van der Waals surface area (Å²) in [5.41, 5.74) is 0.175. The van der Waals surface area contributed by atoms with E-state index < -0.39 is 23.5 Å². The van der Waals surface area contributed by atoms with Gasteiger partial charge in [-0.2, -0.15) is 0 Å². The van der Waals surface area contributed by atoms with E-state index in [4.69, 9.17) is 0 Å². The first-order valence-corrected chi connectivity index (χ1v) is 7.31. The van der Waals surface area contributed by atoms with Crippen molar-refractivity contribution in [1.29, 1.82) is 0 Å². The Hall–Kier alpha value is -1.37. The zero-order valence-corrected chi connectivity index (χ0v) is 12.5. The number of aliphatic hydroxyl groups excluding tert-OH is 1.